The van der Waals surface area contributed by atoms with Gasteiger partial charge in [-0.05, 0) is 74.0 Å². The van der Waals surface area contributed by atoms with Gasteiger partial charge in [-0.1, -0.05) is 31.5 Å². The van der Waals surface area contributed by atoms with Gasteiger partial charge in [0.15, 0.2) is 0 Å². The van der Waals surface area contributed by atoms with Crippen LogP contribution in [0.25, 0.3) is 0 Å². The van der Waals surface area contributed by atoms with Crippen molar-refractivity contribution < 1.29 is 0 Å². The minimum Gasteiger partial charge on any atom is -0.310 e. The van der Waals surface area contributed by atoms with Gasteiger partial charge in [0, 0.05) is 12.6 Å². The summed E-state index contributed by atoms with van der Waals surface area (Å²) in [7, 11) is 0. The molecule has 3 rings (SSSR count). The standard InChI is InChI=1S/C19H29N/c1-3-10-19(11-12-19)14-20-15(2)17-9-8-16-6-4-5-7-18(16)13-17/h8-9,13,15,20H,3-7,10-12,14H2,1-2H3. The van der Waals surface area contributed by atoms with E-state index < -0.39 is 0 Å². The van der Waals surface area contributed by atoms with Crippen LogP contribution < -0.4 is 5.32 Å². The fourth-order valence-corrected chi connectivity index (χ4v) is 3.73. The van der Waals surface area contributed by atoms with E-state index >= 15 is 0 Å². The summed E-state index contributed by atoms with van der Waals surface area (Å²) in [4.78, 5) is 0. The van der Waals surface area contributed by atoms with Crippen molar-refractivity contribution >= 4 is 0 Å². The van der Waals surface area contributed by atoms with E-state index in [0.717, 1.165) is 0 Å². The first-order valence-corrected chi connectivity index (χ1v) is 8.57. The van der Waals surface area contributed by atoms with Gasteiger partial charge >= 0.3 is 0 Å². The van der Waals surface area contributed by atoms with Gasteiger partial charge in [0.2, 0.25) is 0 Å². The smallest absolute Gasteiger partial charge is 0.0292 e. The molecule has 1 unspecified atom stereocenters. The predicted octanol–water partition coefficient (Wildman–Crippen LogP) is 4.80. The average molecular weight is 271 g/mol. The molecule has 1 aromatic carbocycles. The summed E-state index contributed by atoms with van der Waals surface area (Å²) in [6.07, 6.45) is 10.9. The maximum absolute atomic E-state index is 3.79. The molecule has 2 aliphatic rings. The molecule has 0 aliphatic heterocycles. The molecule has 1 atom stereocenters. The average Bonchev–Trinajstić information content (AvgIpc) is 3.25. The van der Waals surface area contributed by atoms with Gasteiger partial charge in [0.1, 0.15) is 0 Å². The number of rotatable bonds is 6. The van der Waals surface area contributed by atoms with Crippen molar-refractivity contribution in [1.82, 2.24) is 5.32 Å². The molecule has 0 amide bonds. The van der Waals surface area contributed by atoms with Crippen molar-refractivity contribution in [3.8, 4) is 0 Å². The highest BCUT2D eigenvalue weighted by atomic mass is 14.9. The van der Waals surface area contributed by atoms with Crippen molar-refractivity contribution in [3.63, 3.8) is 0 Å². The monoisotopic (exact) mass is 271 g/mol. The van der Waals surface area contributed by atoms with Crippen LogP contribution in [0.2, 0.25) is 0 Å². The van der Waals surface area contributed by atoms with Crippen molar-refractivity contribution in [1.29, 1.82) is 0 Å². The Morgan fingerprint density at radius 2 is 1.90 bits per heavy atom. The number of nitrogens with one attached hydrogen (secondary N) is 1. The molecule has 2 aliphatic carbocycles. The first-order chi connectivity index (χ1) is 9.72. The van der Waals surface area contributed by atoms with Crippen LogP contribution in [0, 0.1) is 5.41 Å². The minimum absolute atomic E-state index is 0.497. The quantitative estimate of drug-likeness (QED) is 0.784. The number of hydrogen-bond acceptors (Lipinski definition) is 1. The summed E-state index contributed by atoms with van der Waals surface area (Å²) in [5.74, 6) is 0. The molecule has 20 heavy (non-hydrogen) atoms. The van der Waals surface area contributed by atoms with E-state index in [2.05, 4.69) is 37.4 Å². The van der Waals surface area contributed by atoms with E-state index in [9.17, 15) is 0 Å². The molecule has 1 nitrogen and oxygen atoms in total. The Morgan fingerprint density at radius 3 is 2.60 bits per heavy atom. The van der Waals surface area contributed by atoms with Crippen LogP contribution in [0.5, 0.6) is 0 Å². The molecule has 1 fully saturated rings. The topological polar surface area (TPSA) is 12.0 Å². The molecule has 1 N–H and O–H groups in total. The van der Waals surface area contributed by atoms with Crippen molar-refractivity contribution in [2.24, 2.45) is 5.41 Å². The molecular weight excluding hydrogens is 242 g/mol. The van der Waals surface area contributed by atoms with Gasteiger partial charge in [0.25, 0.3) is 0 Å². The van der Waals surface area contributed by atoms with Crippen LogP contribution in [0.3, 0.4) is 0 Å². The number of hydrogen-bond donors (Lipinski definition) is 1. The number of benzene rings is 1. The van der Waals surface area contributed by atoms with Gasteiger partial charge in [0.05, 0.1) is 0 Å². The lowest BCUT2D eigenvalue weighted by molar-refractivity contribution is 0.397. The summed E-state index contributed by atoms with van der Waals surface area (Å²) in [6, 6.07) is 7.69. The zero-order valence-electron chi connectivity index (χ0n) is 13.2. The van der Waals surface area contributed by atoms with Crippen LogP contribution in [-0.2, 0) is 12.8 Å². The first kappa shape index (κ1) is 14.1. The lowest BCUT2D eigenvalue weighted by Crippen LogP contribution is -2.27. The highest BCUT2D eigenvalue weighted by Gasteiger charge is 2.41. The van der Waals surface area contributed by atoms with Crippen LogP contribution in [0.1, 0.15) is 75.1 Å². The molecule has 0 saturated heterocycles. The summed E-state index contributed by atoms with van der Waals surface area (Å²) < 4.78 is 0. The third kappa shape index (κ3) is 3.09. The zero-order valence-corrected chi connectivity index (χ0v) is 13.2. The van der Waals surface area contributed by atoms with Gasteiger partial charge in [-0.3, -0.25) is 0 Å². The normalized spacial score (nSPS) is 21.3. The van der Waals surface area contributed by atoms with E-state index in [4.69, 9.17) is 0 Å². The summed E-state index contributed by atoms with van der Waals surface area (Å²) in [6.45, 7) is 5.85. The Kier molecular flexibility index (Phi) is 4.16. The third-order valence-corrected chi connectivity index (χ3v) is 5.39. The molecule has 0 bridgehead atoms. The zero-order chi connectivity index (χ0) is 14.0. The van der Waals surface area contributed by atoms with Crippen molar-refractivity contribution in [3.05, 3.63) is 34.9 Å². The fourth-order valence-electron chi connectivity index (χ4n) is 3.73. The first-order valence-electron chi connectivity index (χ1n) is 8.57. The largest absolute Gasteiger partial charge is 0.310 e. The highest BCUT2D eigenvalue weighted by molar-refractivity contribution is 5.35. The summed E-state index contributed by atoms with van der Waals surface area (Å²) in [5.41, 5.74) is 5.34. The lowest BCUT2D eigenvalue weighted by Gasteiger charge is -2.22. The van der Waals surface area contributed by atoms with Crippen molar-refractivity contribution in [2.45, 2.75) is 71.3 Å². The molecule has 110 valence electrons. The second kappa shape index (κ2) is 5.89. The summed E-state index contributed by atoms with van der Waals surface area (Å²) >= 11 is 0. The van der Waals surface area contributed by atoms with Crippen LogP contribution in [-0.4, -0.2) is 6.54 Å². The van der Waals surface area contributed by atoms with E-state index in [1.807, 2.05) is 0 Å². The lowest BCUT2D eigenvalue weighted by atomic mass is 9.89. The second-order valence-electron chi connectivity index (χ2n) is 7.09. The molecule has 1 heteroatoms. The Bertz CT molecular complexity index is 459. The number of aryl methyl sites for hydroxylation is 2. The molecule has 1 saturated carbocycles. The maximum atomic E-state index is 3.79. The SMILES string of the molecule is CCCC1(CNC(C)c2ccc3c(c2)CCCC3)CC1. The minimum atomic E-state index is 0.497. The molecular formula is C19H29N. The summed E-state index contributed by atoms with van der Waals surface area (Å²) in [5, 5.41) is 3.79. The molecule has 0 radical (unpaired) electrons. The van der Waals surface area contributed by atoms with Gasteiger partial charge in [-0.15, -0.1) is 0 Å². The predicted molar refractivity (Wildman–Crippen MR) is 86.1 cm³/mol. The Balaban J connectivity index is 1.61. The van der Waals surface area contributed by atoms with Crippen molar-refractivity contribution in [2.75, 3.05) is 6.54 Å². The van der Waals surface area contributed by atoms with E-state index in [0.29, 0.717) is 11.5 Å². The molecule has 0 spiro atoms. The Morgan fingerprint density at radius 1 is 1.15 bits per heavy atom. The molecule has 0 heterocycles. The Labute approximate surface area is 124 Å². The highest BCUT2D eigenvalue weighted by Crippen LogP contribution is 2.49. The van der Waals surface area contributed by atoms with Gasteiger partial charge in [-0.2, -0.15) is 0 Å². The van der Waals surface area contributed by atoms with E-state index in [1.54, 1.807) is 11.1 Å². The van der Waals surface area contributed by atoms with Crippen LogP contribution in [0.15, 0.2) is 18.2 Å². The van der Waals surface area contributed by atoms with Gasteiger partial charge in [-0.25, -0.2) is 0 Å². The van der Waals surface area contributed by atoms with Crippen LogP contribution >= 0.6 is 0 Å². The third-order valence-electron chi connectivity index (χ3n) is 5.39. The maximum Gasteiger partial charge on any atom is 0.0292 e. The number of fused-ring (bicyclic) bond motifs is 1. The second-order valence-corrected chi connectivity index (χ2v) is 7.09. The van der Waals surface area contributed by atoms with E-state index in [1.165, 1.54) is 63.5 Å². The fraction of sp³-hybridized carbons (Fsp3) is 0.684. The molecule has 0 aromatic heterocycles. The Hall–Kier alpha value is -0.820. The molecule has 1 aromatic rings. The van der Waals surface area contributed by atoms with Crippen LogP contribution in [0.4, 0.5) is 0 Å². The van der Waals surface area contributed by atoms with Gasteiger partial charge < -0.3 is 5.32 Å². The van der Waals surface area contributed by atoms with E-state index in [-0.39, 0.29) is 0 Å².